The molecule has 8 rings (SSSR count). The van der Waals surface area contributed by atoms with E-state index in [-0.39, 0.29) is 29.4 Å². The molecule has 3 heterocycles. The third kappa shape index (κ3) is 2.61. The first-order chi connectivity index (χ1) is 17.5. The van der Waals surface area contributed by atoms with E-state index in [0.717, 1.165) is 68.8 Å². The van der Waals surface area contributed by atoms with E-state index in [4.69, 9.17) is 4.74 Å². The van der Waals surface area contributed by atoms with Gasteiger partial charge in [0.05, 0.1) is 16.7 Å². The lowest BCUT2D eigenvalue weighted by molar-refractivity contribution is -0.236. The number of phenols is 1. The van der Waals surface area contributed by atoms with Crippen LogP contribution in [0.15, 0.2) is 36.5 Å². The average Bonchev–Trinajstić information content (AvgIpc) is 3.62. The van der Waals surface area contributed by atoms with Crippen LogP contribution in [0.5, 0.6) is 11.5 Å². The molecule has 2 aliphatic heterocycles. The molecule has 6 aliphatic rings. The molecule has 0 amide bonds. The van der Waals surface area contributed by atoms with Gasteiger partial charge in [-0.1, -0.05) is 12.1 Å². The Morgan fingerprint density at radius 3 is 2.78 bits per heavy atom. The number of hydrogen-bond acceptors (Lipinski definition) is 6. The molecular formula is C30H37N3O3. The normalized spacial score (nSPS) is 40.9. The molecule has 3 saturated carbocycles. The number of pyridine rings is 1. The second-order valence-electron chi connectivity index (χ2n) is 12.7. The summed E-state index contributed by atoms with van der Waals surface area (Å²) in [5.41, 5.74) is 2.19. The molecule has 4 fully saturated rings. The van der Waals surface area contributed by atoms with Crippen molar-refractivity contribution in [2.45, 2.75) is 93.5 Å². The summed E-state index contributed by atoms with van der Waals surface area (Å²) in [6.45, 7) is 4.33. The zero-order chi connectivity index (χ0) is 24.3. The van der Waals surface area contributed by atoms with Crippen molar-refractivity contribution >= 4 is 0 Å². The summed E-state index contributed by atoms with van der Waals surface area (Å²) in [5.74, 6) is 1.70. The highest BCUT2D eigenvalue weighted by atomic mass is 16.5. The first-order valence-electron chi connectivity index (χ1n) is 14.1. The van der Waals surface area contributed by atoms with Crippen molar-refractivity contribution < 1.29 is 14.9 Å². The van der Waals surface area contributed by atoms with Crippen LogP contribution in [-0.2, 0) is 11.8 Å². The van der Waals surface area contributed by atoms with Gasteiger partial charge in [0.1, 0.15) is 6.10 Å². The number of rotatable bonds is 5. The largest absolute Gasteiger partial charge is 0.504 e. The van der Waals surface area contributed by atoms with Crippen LogP contribution in [0, 0.1) is 11.3 Å². The molecule has 6 heteroatoms. The molecule has 0 radical (unpaired) electrons. The maximum atomic E-state index is 12.8. The first kappa shape index (κ1) is 21.9. The number of hydrogen-bond donors (Lipinski definition) is 3. The second kappa shape index (κ2) is 7.24. The van der Waals surface area contributed by atoms with Crippen molar-refractivity contribution in [2.75, 3.05) is 13.1 Å². The quantitative estimate of drug-likeness (QED) is 0.595. The van der Waals surface area contributed by atoms with Gasteiger partial charge in [0.25, 0.3) is 0 Å². The third-order valence-electron chi connectivity index (χ3n) is 11.2. The summed E-state index contributed by atoms with van der Waals surface area (Å²) in [5, 5.41) is 27.6. The molecule has 6 nitrogen and oxygen atoms in total. The summed E-state index contributed by atoms with van der Waals surface area (Å²) in [7, 11) is 0. The Morgan fingerprint density at radius 1 is 1.14 bits per heavy atom. The van der Waals surface area contributed by atoms with Crippen LogP contribution >= 0.6 is 0 Å². The van der Waals surface area contributed by atoms with Gasteiger partial charge in [-0.3, -0.25) is 9.88 Å². The highest BCUT2D eigenvalue weighted by molar-refractivity contribution is 5.63. The fourth-order valence-electron chi connectivity index (χ4n) is 9.18. The summed E-state index contributed by atoms with van der Waals surface area (Å²) in [6, 6.07) is 10.6. The smallest absolute Gasteiger partial charge is 0.165 e. The van der Waals surface area contributed by atoms with Crippen molar-refractivity contribution in [1.82, 2.24) is 15.2 Å². The Morgan fingerprint density at radius 2 is 2.03 bits per heavy atom. The maximum absolute atomic E-state index is 12.8. The SMILES string of the molecule is CC(N[C@H]1CC[C@]12CC[C@@]1(O)[C@H]3Cc4ccc(O)c5c4[C@@]1(CCN3CC1CC1)[C@H]2O5)c1ccccn1. The molecule has 1 aromatic carbocycles. The minimum Gasteiger partial charge on any atom is -0.504 e. The molecule has 2 aromatic rings. The lowest BCUT2D eigenvalue weighted by Gasteiger charge is -2.69. The lowest BCUT2D eigenvalue weighted by atomic mass is 9.40. The van der Waals surface area contributed by atoms with Crippen molar-refractivity contribution in [1.29, 1.82) is 0 Å². The van der Waals surface area contributed by atoms with Crippen molar-refractivity contribution in [2.24, 2.45) is 11.3 Å². The van der Waals surface area contributed by atoms with Gasteiger partial charge >= 0.3 is 0 Å². The molecule has 4 aliphatic carbocycles. The van der Waals surface area contributed by atoms with Crippen molar-refractivity contribution in [3.8, 4) is 11.5 Å². The number of ether oxygens (including phenoxy) is 1. The van der Waals surface area contributed by atoms with E-state index < -0.39 is 11.0 Å². The molecule has 190 valence electrons. The van der Waals surface area contributed by atoms with Crippen LogP contribution in [0.25, 0.3) is 0 Å². The molecule has 2 bridgehead atoms. The lowest BCUT2D eigenvalue weighted by Crippen LogP contribution is -2.80. The van der Waals surface area contributed by atoms with Gasteiger partial charge in [-0.05, 0) is 94.5 Å². The van der Waals surface area contributed by atoms with Gasteiger partial charge in [0.15, 0.2) is 11.5 Å². The highest BCUT2D eigenvalue weighted by Gasteiger charge is 2.77. The molecule has 1 unspecified atom stereocenters. The van der Waals surface area contributed by atoms with Crippen LogP contribution in [0.3, 0.4) is 0 Å². The molecule has 3 N–H and O–H groups in total. The van der Waals surface area contributed by atoms with Crippen LogP contribution < -0.4 is 10.1 Å². The first-order valence-corrected chi connectivity index (χ1v) is 14.1. The van der Waals surface area contributed by atoms with Gasteiger partial charge in [0.2, 0.25) is 0 Å². The topological polar surface area (TPSA) is 77.8 Å². The number of nitrogens with zero attached hydrogens (tertiary/aromatic N) is 2. The number of fused-ring (bicyclic) bond motifs is 1. The fraction of sp³-hybridized carbons (Fsp3) is 0.633. The Labute approximate surface area is 213 Å². The fourth-order valence-corrected chi connectivity index (χ4v) is 9.18. The predicted octanol–water partition coefficient (Wildman–Crippen LogP) is 3.85. The Bertz CT molecular complexity index is 1220. The molecule has 7 atom stereocenters. The van der Waals surface area contributed by atoms with Crippen molar-refractivity contribution in [3.05, 3.63) is 53.3 Å². The van der Waals surface area contributed by atoms with E-state index in [2.05, 4.69) is 40.3 Å². The number of nitrogens with one attached hydrogen (secondary N) is 1. The predicted molar refractivity (Wildman–Crippen MR) is 136 cm³/mol. The molecule has 1 aromatic heterocycles. The number of aliphatic hydroxyl groups is 1. The summed E-state index contributed by atoms with van der Waals surface area (Å²) in [4.78, 5) is 7.21. The monoisotopic (exact) mass is 487 g/mol. The zero-order valence-electron chi connectivity index (χ0n) is 21.1. The van der Waals surface area contributed by atoms with Crippen LogP contribution in [0.1, 0.15) is 74.7 Å². The van der Waals surface area contributed by atoms with Crippen LogP contribution in [0.4, 0.5) is 0 Å². The number of aromatic nitrogens is 1. The van der Waals surface area contributed by atoms with E-state index in [1.165, 1.54) is 18.4 Å². The van der Waals surface area contributed by atoms with Gasteiger partial charge in [-0.25, -0.2) is 0 Å². The van der Waals surface area contributed by atoms with Crippen LogP contribution in [-0.4, -0.2) is 57.0 Å². The second-order valence-corrected chi connectivity index (χ2v) is 12.7. The van der Waals surface area contributed by atoms with E-state index in [1.54, 1.807) is 0 Å². The number of phenolic OH excluding ortho intramolecular Hbond substituents is 1. The number of aromatic hydroxyl groups is 1. The molecule has 2 spiro atoms. The van der Waals surface area contributed by atoms with Crippen molar-refractivity contribution in [3.63, 3.8) is 0 Å². The molecule has 1 saturated heterocycles. The number of likely N-dealkylation sites (tertiary alicyclic amines) is 1. The zero-order valence-corrected chi connectivity index (χ0v) is 21.1. The van der Waals surface area contributed by atoms with Gasteiger partial charge < -0.3 is 20.3 Å². The van der Waals surface area contributed by atoms with E-state index in [0.29, 0.717) is 11.8 Å². The Hall–Kier alpha value is -2.15. The Kier molecular flexibility index (Phi) is 4.40. The van der Waals surface area contributed by atoms with E-state index in [9.17, 15) is 10.2 Å². The minimum absolute atomic E-state index is 0.0431. The average molecular weight is 488 g/mol. The van der Waals surface area contributed by atoms with Gasteiger partial charge in [-0.2, -0.15) is 0 Å². The van der Waals surface area contributed by atoms with Gasteiger partial charge in [-0.15, -0.1) is 0 Å². The number of benzene rings is 1. The maximum Gasteiger partial charge on any atom is 0.165 e. The third-order valence-corrected chi connectivity index (χ3v) is 11.2. The summed E-state index contributed by atoms with van der Waals surface area (Å²) < 4.78 is 6.89. The van der Waals surface area contributed by atoms with Crippen LogP contribution in [0.2, 0.25) is 0 Å². The summed E-state index contributed by atoms with van der Waals surface area (Å²) in [6.07, 6.45) is 10.2. The van der Waals surface area contributed by atoms with E-state index in [1.807, 2.05) is 18.3 Å². The highest BCUT2D eigenvalue weighted by Crippen LogP contribution is 2.71. The van der Waals surface area contributed by atoms with Gasteiger partial charge in [0, 0.05) is 41.8 Å². The minimum atomic E-state index is -0.811. The molecular weight excluding hydrogens is 450 g/mol. The number of piperidine rings is 1. The van der Waals surface area contributed by atoms with E-state index >= 15 is 0 Å². The summed E-state index contributed by atoms with van der Waals surface area (Å²) >= 11 is 0. The molecule has 36 heavy (non-hydrogen) atoms. The Balaban J connectivity index is 1.21. The standard InChI is InChI=1S/C30H37N3O3/c1-18(21-4-2-3-14-31-21)32-23-9-10-28(23)11-12-30(35)24-16-20-7-8-22(34)26-25(20)29(30,27(28)36-26)13-15-33(24)17-19-5-6-19/h2-4,7-8,14,18-19,23-24,27,32,34-35H,5-6,9-13,15-17H2,1H3/t18?,23-,24+,27-,28-,29-,30+/m0/s1.